The Kier molecular flexibility index (Phi) is 6.07. The number of nitrogens with zero attached hydrogens (tertiary/aromatic N) is 1. The number of hydrogen-bond donors (Lipinski definition) is 0. The highest BCUT2D eigenvalue weighted by atomic mass is 79.9. The van der Waals surface area contributed by atoms with Crippen molar-refractivity contribution in [2.75, 3.05) is 20.2 Å². The minimum atomic E-state index is 0.687. The maximum atomic E-state index is 5.72. The van der Waals surface area contributed by atoms with Gasteiger partial charge in [-0.1, -0.05) is 44.0 Å². The van der Waals surface area contributed by atoms with Crippen LogP contribution in [-0.4, -0.2) is 25.1 Å². The second kappa shape index (κ2) is 7.81. The van der Waals surface area contributed by atoms with Crippen molar-refractivity contribution in [1.29, 1.82) is 0 Å². The van der Waals surface area contributed by atoms with Crippen LogP contribution in [0, 0.1) is 0 Å². The molecule has 0 saturated carbocycles. The molecule has 0 radical (unpaired) electrons. The Morgan fingerprint density at radius 2 is 1.75 bits per heavy atom. The number of likely N-dealkylation sites (N-methyl/N-ethyl adjacent to an activating group) is 1. The van der Waals surface area contributed by atoms with E-state index in [1.807, 2.05) is 30.3 Å². The van der Waals surface area contributed by atoms with Gasteiger partial charge in [-0.2, -0.15) is 0 Å². The Morgan fingerprint density at radius 3 is 2.45 bits per heavy atom. The van der Waals surface area contributed by atoms with Gasteiger partial charge in [-0.25, -0.2) is 0 Å². The molecule has 4 heteroatoms. The van der Waals surface area contributed by atoms with Gasteiger partial charge in [0, 0.05) is 22.0 Å². The number of ether oxygens (including phenoxy) is 1. The monoisotopic (exact) mass is 397 g/mol. The normalized spacial score (nSPS) is 10.8. The summed E-state index contributed by atoms with van der Waals surface area (Å²) in [7, 11) is 2.10. The van der Waals surface area contributed by atoms with Gasteiger partial charge >= 0.3 is 0 Å². The fourth-order valence-corrected chi connectivity index (χ4v) is 2.59. The van der Waals surface area contributed by atoms with Crippen LogP contribution in [0.2, 0.25) is 0 Å². The van der Waals surface area contributed by atoms with Crippen molar-refractivity contribution in [2.24, 2.45) is 0 Å². The van der Waals surface area contributed by atoms with Gasteiger partial charge in [-0.15, -0.1) is 0 Å². The molecule has 0 saturated heterocycles. The van der Waals surface area contributed by atoms with Crippen LogP contribution in [0.1, 0.15) is 5.56 Å². The number of halogens is 2. The van der Waals surface area contributed by atoms with Gasteiger partial charge in [-0.3, -0.25) is 4.90 Å². The van der Waals surface area contributed by atoms with E-state index in [1.54, 1.807) is 0 Å². The molecule has 0 aliphatic carbocycles. The number of benzene rings is 2. The highest BCUT2D eigenvalue weighted by molar-refractivity contribution is 9.10. The second-order valence-corrected chi connectivity index (χ2v) is 6.50. The maximum absolute atomic E-state index is 5.72. The molecular weight excluding hydrogens is 382 g/mol. The van der Waals surface area contributed by atoms with E-state index in [0.717, 1.165) is 27.8 Å². The third kappa shape index (κ3) is 5.27. The molecular formula is C16H17Br2NO. The van der Waals surface area contributed by atoms with Crippen molar-refractivity contribution in [3.63, 3.8) is 0 Å². The van der Waals surface area contributed by atoms with Crippen LogP contribution in [0.5, 0.6) is 5.75 Å². The van der Waals surface area contributed by atoms with Gasteiger partial charge < -0.3 is 4.74 Å². The van der Waals surface area contributed by atoms with Gasteiger partial charge in [0.15, 0.2) is 0 Å². The molecule has 0 N–H and O–H groups in total. The number of hydrogen-bond acceptors (Lipinski definition) is 2. The summed E-state index contributed by atoms with van der Waals surface area (Å²) in [5.41, 5.74) is 1.30. The fraction of sp³-hybridized carbons (Fsp3) is 0.250. The predicted octanol–water partition coefficient (Wildman–Crippen LogP) is 4.72. The zero-order valence-electron chi connectivity index (χ0n) is 11.4. The van der Waals surface area contributed by atoms with Gasteiger partial charge in [0.25, 0.3) is 0 Å². The lowest BCUT2D eigenvalue weighted by atomic mass is 10.2. The highest BCUT2D eigenvalue weighted by Crippen LogP contribution is 2.16. The van der Waals surface area contributed by atoms with Crippen molar-refractivity contribution < 1.29 is 4.74 Å². The Balaban J connectivity index is 1.75. The van der Waals surface area contributed by atoms with Crippen molar-refractivity contribution in [3.8, 4) is 5.75 Å². The summed E-state index contributed by atoms with van der Waals surface area (Å²) in [6, 6.07) is 16.3. The summed E-state index contributed by atoms with van der Waals surface area (Å²) in [6.07, 6.45) is 0. The standard InChI is InChI=1S/C16H17Br2NO/c1-19(12-13-3-2-4-15(18)11-13)9-10-20-16-7-5-14(17)6-8-16/h2-8,11H,9-10,12H2,1H3. The van der Waals surface area contributed by atoms with E-state index in [2.05, 4.69) is 62.0 Å². The van der Waals surface area contributed by atoms with Crippen LogP contribution in [0.15, 0.2) is 57.5 Å². The van der Waals surface area contributed by atoms with Gasteiger partial charge in [0.05, 0.1) is 0 Å². The average molecular weight is 399 g/mol. The molecule has 0 aliphatic heterocycles. The average Bonchev–Trinajstić information content (AvgIpc) is 2.41. The van der Waals surface area contributed by atoms with E-state index in [-0.39, 0.29) is 0 Å². The Hall–Kier alpha value is -0.840. The first-order valence-corrected chi connectivity index (χ1v) is 8.03. The maximum Gasteiger partial charge on any atom is 0.119 e. The van der Waals surface area contributed by atoms with Gasteiger partial charge in [0.2, 0.25) is 0 Å². The molecule has 2 aromatic rings. The zero-order valence-corrected chi connectivity index (χ0v) is 14.5. The SMILES string of the molecule is CN(CCOc1ccc(Br)cc1)Cc1cccc(Br)c1. The molecule has 0 aromatic heterocycles. The molecule has 20 heavy (non-hydrogen) atoms. The van der Waals surface area contributed by atoms with Gasteiger partial charge in [-0.05, 0) is 49.0 Å². The van der Waals surface area contributed by atoms with Crippen LogP contribution in [0.3, 0.4) is 0 Å². The highest BCUT2D eigenvalue weighted by Gasteiger charge is 2.01. The first kappa shape index (κ1) is 15.5. The van der Waals surface area contributed by atoms with E-state index < -0.39 is 0 Å². The summed E-state index contributed by atoms with van der Waals surface area (Å²) < 4.78 is 7.91. The minimum absolute atomic E-state index is 0.687. The molecule has 0 aliphatic rings. The molecule has 2 nitrogen and oxygen atoms in total. The fourth-order valence-electron chi connectivity index (χ4n) is 1.88. The molecule has 0 unspecified atom stereocenters. The summed E-state index contributed by atoms with van der Waals surface area (Å²) >= 11 is 6.91. The van der Waals surface area contributed by atoms with Crippen LogP contribution in [0.25, 0.3) is 0 Å². The molecule has 0 fully saturated rings. The molecule has 0 atom stereocenters. The Bertz CT molecular complexity index is 542. The molecule has 0 spiro atoms. The van der Waals surface area contributed by atoms with Gasteiger partial charge in [0.1, 0.15) is 12.4 Å². The van der Waals surface area contributed by atoms with Crippen molar-refractivity contribution in [1.82, 2.24) is 4.90 Å². The van der Waals surface area contributed by atoms with Crippen molar-refractivity contribution >= 4 is 31.9 Å². The van der Waals surface area contributed by atoms with Crippen LogP contribution < -0.4 is 4.74 Å². The quantitative estimate of drug-likeness (QED) is 0.697. The molecule has 0 bridgehead atoms. The Labute approximate surface area is 137 Å². The summed E-state index contributed by atoms with van der Waals surface area (Å²) in [5.74, 6) is 0.907. The van der Waals surface area contributed by atoms with Crippen molar-refractivity contribution in [2.45, 2.75) is 6.54 Å². The van der Waals surface area contributed by atoms with E-state index >= 15 is 0 Å². The molecule has 2 rings (SSSR count). The molecule has 0 amide bonds. The Morgan fingerprint density at radius 1 is 1.00 bits per heavy atom. The number of rotatable bonds is 6. The van der Waals surface area contributed by atoms with E-state index in [0.29, 0.717) is 6.61 Å². The topological polar surface area (TPSA) is 12.5 Å². The summed E-state index contributed by atoms with van der Waals surface area (Å²) in [6.45, 7) is 2.50. The zero-order chi connectivity index (χ0) is 14.4. The lowest BCUT2D eigenvalue weighted by Gasteiger charge is -2.17. The summed E-state index contributed by atoms with van der Waals surface area (Å²) in [4.78, 5) is 2.25. The lowest BCUT2D eigenvalue weighted by molar-refractivity contribution is 0.233. The van der Waals surface area contributed by atoms with E-state index in [1.165, 1.54) is 5.56 Å². The third-order valence-electron chi connectivity index (χ3n) is 2.90. The second-order valence-electron chi connectivity index (χ2n) is 4.67. The largest absolute Gasteiger partial charge is 0.492 e. The lowest BCUT2D eigenvalue weighted by Crippen LogP contribution is -2.23. The first-order chi connectivity index (χ1) is 9.63. The summed E-state index contributed by atoms with van der Waals surface area (Å²) in [5, 5.41) is 0. The van der Waals surface area contributed by atoms with Crippen LogP contribution in [-0.2, 0) is 6.54 Å². The van der Waals surface area contributed by atoms with E-state index in [9.17, 15) is 0 Å². The molecule has 0 heterocycles. The minimum Gasteiger partial charge on any atom is -0.492 e. The first-order valence-electron chi connectivity index (χ1n) is 6.45. The smallest absolute Gasteiger partial charge is 0.119 e. The third-order valence-corrected chi connectivity index (χ3v) is 3.92. The predicted molar refractivity (Wildman–Crippen MR) is 90.1 cm³/mol. The van der Waals surface area contributed by atoms with Crippen molar-refractivity contribution in [3.05, 3.63) is 63.0 Å². The molecule has 2 aromatic carbocycles. The van der Waals surface area contributed by atoms with Crippen LogP contribution >= 0.6 is 31.9 Å². The van der Waals surface area contributed by atoms with Crippen LogP contribution in [0.4, 0.5) is 0 Å². The molecule has 106 valence electrons. The van der Waals surface area contributed by atoms with E-state index in [4.69, 9.17) is 4.74 Å².